The van der Waals surface area contributed by atoms with Gasteiger partial charge in [-0.05, 0) is 63.9 Å². The number of Topliss-reactive ketones (excluding diaryl/α,β-unsaturated/α-hetero) is 1. The molecule has 0 aliphatic heterocycles. The van der Waals surface area contributed by atoms with Gasteiger partial charge in [-0.1, -0.05) is 36.2 Å². The van der Waals surface area contributed by atoms with Gasteiger partial charge in [0.15, 0.2) is 12.4 Å². The summed E-state index contributed by atoms with van der Waals surface area (Å²) in [5.41, 5.74) is 3.29. The van der Waals surface area contributed by atoms with E-state index in [1.165, 1.54) is 11.3 Å². The third-order valence-electron chi connectivity index (χ3n) is 7.69. The highest BCUT2D eigenvalue weighted by Crippen LogP contribution is 2.41. The molecule has 3 aliphatic carbocycles. The summed E-state index contributed by atoms with van der Waals surface area (Å²) < 4.78 is 5.37. The van der Waals surface area contributed by atoms with Gasteiger partial charge in [0.25, 0.3) is 5.91 Å². The zero-order valence-electron chi connectivity index (χ0n) is 20.1. The fraction of sp³-hybridized carbons (Fsp3) is 0.500. The molecule has 1 aromatic heterocycles. The lowest BCUT2D eigenvalue weighted by molar-refractivity contribution is -0.155. The minimum atomic E-state index is -0.443. The first-order valence-electron chi connectivity index (χ1n) is 12.7. The Balaban J connectivity index is 1.26. The number of ketones is 2. The van der Waals surface area contributed by atoms with E-state index in [0.717, 1.165) is 60.9 Å². The number of anilines is 1. The summed E-state index contributed by atoms with van der Waals surface area (Å²) in [6, 6.07) is 7.47. The molecule has 3 aliphatic rings. The third kappa shape index (κ3) is 4.96. The van der Waals surface area contributed by atoms with Gasteiger partial charge in [0.1, 0.15) is 10.8 Å². The van der Waals surface area contributed by atoms with Crippen LogP contribution in [0.15, 0.2) is 24.3 Å². The van der Waals surface area contributed by atoms with Crippen LogP contribution in [0.4, 0.5) is 5.00 Å². The largest absolute Gasteiger partial charge is 0.455 e. The number of esters is 1. The summed E-state index contributed by atoms with van der Waals surface area (Å²) in [7, 11) is 0. The Morgan fingerprint density at radius 3 is 2.40 bits per heavy atom. The van der Waals surface area contributed by atoms with Gasteiger partial charge in [-0.3, -0.25) is 19.2 Å². The van der Waals surface area contributed by atoms with Crippen LogP contribution >= 0.6 is 11.3 Å². The first-order chi connectivity index (χ1) is 16.9. The van der Waals surface area contributed by atoms with Crippen LogP contribution in [0.5, 0.6) is 0 Å². The predicted molar refractivity (Wildman–Crippen MR) is 134 cm³/mol. The lowest BCUT2D eigenvalue weighted by Crippen LogP contribution is -2.40. The number of aryl methyl sites for hydroxylation is 2. The second-order valence-electron chi connectivity index (χ2n) is 10.2. The average molecular weight is 494 g/mol. The zero-order chi connectivity index (χ0) is 24.5. The SMILES string of the molecule is Cc1ccc(C(=O)c2c(NC(=O)COC(=O)C3C[C@H]4CCC[C@H](C3)C4=O)sc3c2CCCC3)cc1. The molecule has 0 unspecified atom stereocenters. The predicted octanol–water partition coefficient (Wildman–Crippen LogP) is 5.04. The maximum atomic E-state index is 13.4. The second-order valence-corrected chi connectivity index (χ2v) is 11.3. The van der Waals surface area contributed by atoms with Crippen molar-refractivity contribution >= 4 is 39.8 Å². The Labute approximate surface area is 209 Å². The first-order valence-corrected chi connectivity index (χ1v) is 13.5. The van der Waals surface area contributed by atoms with Gasteiger partial charge < -0.3 is 10.1 Å². The van der Waals surface area contributed by atoms with Crippen molar-refractivity contribution < 1.29 is 23.9 Å². The van der Waals surface area contributed by atoms with Gasteiger partial charge in [0.2, 0.25) is 0 Å². The van der Waals surface area contributed by atoms with Crippen LogP contribution in [0.2, 0.25) is 0 Å². The van der Waals surface area contributed by atoms with Crippen molar-refractivity contribution in [2.75, 3.05) is 11.9 Å². The van der Waals surface area contributed by atoms with Gasteiger partial charge in [-0.2, -0.15) is 0 Å². The molecule has 5 rings (SSSR count). The number of hydrogen-bond donors (Lipinski definition) is 1. The van der Waals surface area contributed by atoms with Gasteiger partial charge in [0, 0.05) is 22.3 Å². The number of fused-ring (bicyclic) bond motifs is 3. The molecule has 184 valence electrons. The Hall–Kier alpha value is -2.80. The smallest absolute Gasteiger partial charge is 0.309 e. The molecule has 0 saturated heterocycles. The number of carbonyl (C=O) groups is 4. The third-order valence-corrected chi connectivity index (χ3v) is 8.90. The minimum absolute atomic E-state index is 0.0401. The standard InChI is InChI=1S/C28H31NO5S/c1-16-9-11-17(12-10-16)26(32)24-21-7-2-3-8-22(21)35-27(24)29-23(30)15-34-28(33)20-13-18-5-4-6-19(14-20)25(18)31/h9-12,18-20H,2-8,13-15H2,1H3,(H,29,30)/t18-,19-/m1/s1. The van der Waals surface area contributed by atoms with Crippen LogP contribution in [0, 0.1) is 24.7 Å². The molecule has 2 saturated carbocycles. The number of carbonyl (C=O) groups excluding carboxylic acids is 4. The molecule has 1 amide bonds. The number of benzene rings is 1. The van der Waals surface area contributed by atoms with Crippen LogP contribution in [0.25, 0.3) is 0 Å². The molecule has 1 heterocycles. The first kappa shape index (κ1) is 23.9. The molecule has 2 aromatic rings. The number of rotatable bonds is 6. The fourth-order valence-corrected chi connectivity index (χ4v) is 7.14. The minimum Gasteiger partial charge on any atom is -0.455 e. The maximum absolute atomic E-state index is 13.4. The molecular formula is C28H31NO5S. The molecule has 2 fully saturated rings. The Bertz CT molecular complexity index is 1150. The molecule has 0 radical (unpaired) electrons. The normalized spacial score (nSPS) is 23.3. The van der Waals surface area contributed by atoms with Crippen LogP contribution in [-0.2, 0) is 32.0 Å². The lowest BCUT2D eigenvalue weighted by atomic mass is 9.67. The Kier molecular flexibility index (Phi) is 6.87. The van der Waals surface area contributed by atoms with Gasteiger partial charge in [0.05, 0.1) is 11.5 Å². The topological polar surface area (TPSA) is 89.5 Å². The average Bonchev–Trinajstić information content (AvgIpc) is 3.20. The highest BCUT2D eigenvalue weighted by molar-refractivity contribution is 7.17. The number of amides is 1. The summed E-state index contributed by atoms with van der Waals surface area (Å²) in [4.78, 5) is 52.3. The monoisotopic (exact) mass is 493 g/mol. The highest BCUT2D eigenvalue weighted by Gasteiger charge is 2.42. The fourth-order valence-electron chi connectivity index (χ4n) is 5.83. The Morgan fingerprint density at radius 1 is 1.00 bits per heavy atom. The van der Waals surface area contributed by atoms with Crippen molar-refractivity contribution in [2.24, 2.45) is 17.8 Å². The van der Waals surface area contributed by atoms with E-state index in [1.807, 2.05) is 31.2 Å². The van der Waals surface area contributed by atoms with Gasteiger partial charge in [-0.15, -0.1) is 11.3 Å². The van der Waals surface area contributed by atoms with Crippen molar-refractivity contribution in [3.05, 3.63) is 51.4 Å². The molecule has 2 atom stereocenters. The van der Waals surface area contributed by atoms with E-state index in [1.54, 1.807) is 0 Å². The van der Waals surface area contributed by atoms with Crippen molar-refractivity contribution in [3.63, 3.8) is 0 Å². The molecule has 6 nitrogen and oxygen atoms in total. The van der Waals surface area contributed by atoms with Gasteiger partial charge >= 0.3 is 5.97 Å². The molecule has 2 bridgehead atoms. The maximum Gasteiger partial charge on any atom is 0.309 e. The van der Waals surface area contributed by atoms with E-state index < -0.39 is 11.9 Å². The molecular weight excluding hydrogens is 462 g/mol. The summed E-state index contributed by atoms with van der Waals surface area (Å²) in [6.07, 6.45) is 7.62. The highest BCUT2D eigenvalue weighted by atomic mass is 32.1. The van der Waals surface area contributed by atoms with E-state index in [0.29, 0.717) is 34.8 Å². The second kappa shape index (κ2) is 10.1. The molecule has 7 heteroatoms. The molecule has 1 aromatic carbocycles. The summed E-state index contributed by atoms with van der Waals surface area (Å²) >= 11 is 1.46. The quantitative estimate of drug-likeness (QED) is 0.450. The summed E-state index contributed by atoms with van der Waals surface area (Å²) in [6.45, 7) is 1.59. The number of thiophene rings is 1. The van der Waals surface area contributed by atoms with Crippen LogP contribution in [0.1, 0.15) is 76.9 Å². The molecule has 0 spiro atoms. The summed E-state index contributed by atoms with van der Waals surface area (Å²) in [5.74, 6) is -1.03. The number of nitrogens with one attached hydrogen (secondary N) is 1. The lowest BCUT2D eigenvalue weighted by Gasteiger charge is -2.36. The summed E-state index contributed by atoms with van der Waals surface area (Å²) in [5, 5.41) is 3.41. The number of ether oxygens (including phenoxy) is 1. The van der Waals surface area contributed by atoms with Crippen molar-refractivity contribution in [1.82, 2.24) is 0 Å². The van der Waals surface area contributed by atoms with E-state index >= 15 is 0 Å². The molecule has 1 N–H and O–H groups in total. The van der Waals surface area contributed by atoms with E-state index in [4.69, 9.17) is 4.74 Å². The van der Waals surface area contributed by atoms with Crippen molar-refractivity contribution in [1.29, 1.82) is 0 Å². The van der Waals surface area contributed by atoms with E-state index in [2.05, 4.69) is 5.32 Å². The number of hydrogen-bond acceptors (Lipinski definition) is 6. The van der Waals surface area contributed by atoms with Gasteiger partial charge in [-0.25, -0.2) is 0 Å². The van der Waals surface area contributed by atoms with Crippen molar-refractivity contribution in [3.8, 4) is 0 Å². The molecule has 35 heavy (non-hydrogen) atoms. The van der Waals surface area contributed by atoms with Crippen LogP contribution in [0.3, 0.4) is 0 Å². The zero-order valence-corrected chi connectivity index (χ0v) is 20.9. The Morgan fingerprint density at radius 2 is 1.69 bits per heavy atom. The van der Waals surface area contributed by atoms with Crippen molar-refractivity contribution in [2.45, 2.75) is 64.7 Å². The van der Waals surface area contributed by atoms with E-state index in [9.17, 15) is 19.2 Å². The van der Waals surface area contributed by atoms with Crippen LogP contribution in [-0.4, -0.2) is 30.0 Å². The van der Waals surface area contributed by atoms with Crippen LogP contribution < -0.4 is 5.32 Å². The van der Waals surface area contributed by atoms with E-state index in [-0.39, 0.29) is 30.1 Å².